The summed E-state index contributed by atoms with van der Waals surface area (Å²) in [7, 11) is 2.36. The first kappa shape index (κ1) is 16.5. The van der Waals surface area contributed by atoms with E-state index in [0.29, 0.717) is 0 Å². The highest BCUT2D eigenvalue weighted by atomic mass is 32.1. The van der Waals surface area contributed by atoms with Crippen LogP contribution in [-0.2, 0) is 9.59 Å². The van der Waals surface area contributed by atoms with E-state index in [0.717, 1.165) is 0 Å². The van der Waals surface area contributed by atoms with Gasteiger partial charge in [-0.25, -0.2) is 8.78 Å². The molecule has 0 saturated heterocycles. The molecule has 2 atom stereocenters. The Morgan fingerprint density at radius 1 is 1.06 bits per heavy atom. The highest BCUT2D eigenvalue weighted by Crippen LogP contribution is 2.15. The van der Waals surface area contributed by atoms with Crippen LogP contribution < -0.4 is 16.0 Å². The number of hydrogen-bond donors (Lipinski definition) is 5. The molecule has 2 amide bonds. The number of hydrogen-bond acceptors (Lipinski definition) is 5. The van der Waals surface area contributed by atoms with E-state index in [4.69, 9.17) is 0 Å². The largest absolute Gasteiger partial charge is 0.355 e. The Hall–Kier alpha value is -0.540. The summed E-state index contributed by atoms with van der Waals surface area (Å²) in [4.78, 5) is 22.7. The lowest BCUT2D eigenvalue weighted by molar-refractivity contribution is -0.145. The van der Waals surface area contributed by atoms with Crippen LogP contribution in [0.25, 0.3) is 0 Å². The molecule has 100 valence electrons. The van der Waals surface area contributed by atoms with Crippen molar-refractivity contribution in [2.24, 2.45) is 0 Å². The lowest BCUT2D eigenvalue weighted by Crippen LogP contribution is -2.63. The van der Waals surface area contributed by atoms with Crippen molar-refractivity contribution in [1.82, 2.24) is 16.0 Å². The van der Waals surface area contributed by atoms with Gasteiger partial charge in [0, 0.05) is 12.8 Å². The second kappa shape index (κ2) is 6.41. The van der Waals surface area contributed by atoms with E-state index >= 15 is 0 Å². The lowest BCUT2D eigenvalue weighted by Gasteiger charge is -2.28. The summed E-state index contributed by atoms with van der Waals surface area (Å²) in [5, 5.41) is 5.72. The Bertz CT molecular complexity index is 302. The monoisotopic (exact) mass is 287 g/mol. The van der Waals surface area contributed by atoms with Crippen LogP contribution in [0.3, 0.4) is 0 Å². The van der Waals surface area contributed by atoms with Crippen molar-refractivity contribution in [3.63, 3.8) is 0 Å². The van der Waals surface area contributed by atoms with Crippen molar-refractivity contribution in [3.8, 4) is 0 Å². The Kier molecular flexibility index (Phi) is 6.20. The molecule has 0 heterocycles. The molecule has 5 nitrogen and oxygen atoms in total. The maximum absolute atomic E-state index is 13.9. The summed E-state index contributed by atoms with van der Waals surface area (Å²) < 4.78 is 27.7. The van der Waals surface area contributed by atoms with Gasteiger partial charge in [-0.05, 0) is 7.05 Å². The number of carbonyl (C=O) groups is 2. The molecule has 0 aliphatic rings. The first-order valence-electron chi connectivity index (χ1n) is 4.63. The van der Waals surface area contributed by atoms with E-state index in [-0.39, 0.29) is 0 Å². The van der Waals surface area contributed by atoms with E-state index in [1.54, 1.807) is 5.32 Å². The summed E-state index contributed by atoms with van der Waals surface area (Å²) in [6, 6.07) is 0. The van der Waals surface area contributed by atoms with Gasteiger partial charge in [-0.2, -0.15) is 25.3 Å². The highest BCUT2D eigenvalue weighted by molar-refractivity contribution is 7.80. The molecular formula is C8H15F2N3O2S2. The second-order valence-corrected chi connectivity index (χ2v) is 3.83. The number of amides is 2. The summed E-state index contributed by atoms with van der Waals surface area (Å²) in [6.07, 6.45) is 0. The smallest absolute Gasteiger partial charge is 0.279 e. The number of rotatable bonds is 6. The molecule has 0 fully saturated rings. The van der Waals surface area contributed by atoms with Gasteiger partial charge < -0.3 is 10.6 Å². The van der Waals surface area contributed by atoms with Crippen LogP contribution in [0.2, 0.25) is 0 Å². The van der Waals surface area contributed by atoms with Crippen molar-refractivity contribution in [3.05, 3.63) is 0 Å². The van der Waals surface area contributed by atoms with Crippen LogP contribution in [-0.4, -0.2) is 49.0 Å². The predicted molar refractivity (Wildman–Crippen MR) is 66.7 cm³/mol. The van der Waals surface area contributed by atoms with E-state index in [2.05, 4.69) is 30.6 Å². The molecule has 0 aromatic heterocycles. The minimum absolute atomic E-state index is 0.508. The number of carbonyl (C=O) groups excluding carboxylic acids is 2. The van der Waals surface area contributed by atoms with E-state index in [1.165, 1.54) is 14.1 Å². The SMILES string of the molecule is CNC(=O)[C@@](F)(CS)NC(=O)[C@@](F)(CS)NC. The van der Waals surface area contributed by atoms with Gasteiger partial charge in [-0.15, -0.1) is 0 Å². The summed E-state index contributed by atoms with van der Waals surface area (Å²) in [6.45, 7) is 0. The molecule has 0 unspecified atom stereocenters. The van der Waals surface area contributed by atoms with Gasteiger partial charge >= 0.3 is 0 Å². The van der Waals surface area contributed by atoms with E-state index in [9.17, 15) is 18.4 Å². The van der Waals surface area contributed by atoms with E-state index < -0.39 is 34.9 Å². The number of halogens is 2. The van der Waals surface area contributed by atoms with Crippen LogP contribution in [0, 0.1) is 0 Å². The first-order valence-corrected chi connectivity index (χ1v) is 5.89. The summed E-state index contributed by atoms with van der Waals surface area (Å²) in [5.74, 6) is -8.89. The molecule has 3 N–H and O–H groups in total. The number of thiol groups is 2. The number of alkyl halides is 2. The standard InChI is InChI=1S/C8H15F2N3O2S2/c1-11-5(14)8(10,4-17)13-6(15)7(9,3-16)12-2/h12,16-17H,3-4H2,1-2H3,(H,11,14)(H,13,15)/t7-,8-/m1/s1. The minimum atomic E-state index is -2.77. The van der Waals surface area contributed by atoms with Crippen molar-refractivity contribution in [1.29, 1.82) is 0 Å². The van der Waals surface area contributed by atoms with Gasteiger partial charge in [-0.1, -0.05) is 0 Å². The highest BCUT2D eigenvalue weighted by Gasteiger charge is 2.45. The average molecular weight is 287 g/mol. The van der Waals surface area contributed by atoms with Crippen molar-refractivity contribution in [2.75, 3.05) is 25.6 Å². The predicted octanol–water partition coefficient (Wildman–Crippen LogP) is -0.741. The first-order chi connectivity index (χ1) is 7.79. The van der Waals surface area contributed by atoms with Crippen LogP contribution >= 0.6 is 25.3 Å². The van der Waals surface area contributed by atoms with Gasteiger partial charge in [-0.3, -0.25) is 14.9 Å². The quantitative estimate of drug-likeness (QED) is 0.330. The van der Waals surface area contributed by atoms with Gasteiger partial charge in [0.15, 0.2) is 0 Å². The Balaban J connectivity index is 4.92. The second-order valence-electron chi connectivity index (χ2n) is 3.20. The zero-order valence-electron chi connectivity index (χ0n) is 9.38. The zero-order chi connectivity index (χ0) is 13.7. The molecule has 0 aromatic carbocycles. The molecule has 0 aliphatic heterocycles. The molecule has 0 radical (unpaired) electrons. The molecule has 0 aliphatic carbocycles. The number of nitrogens with one attached hydrogen (secondary N) is 3. The fraction of sp³-hybridized carbons (Fsp3) is 0.750. The minimum Gasteiger partial charge on any atom is -0.355 e. The van der Waals surface area contributed by atoms with Crippen LogP contribution in [0.5, 0.6) is 0 Å². The molecule has 17 heavy (non-hydrogen) atoms. The zero-order valence-corrected chi connectivity index (χ0v) is 11.2. The third-order valence-electron chi connectivity index (χ3n) is 2.09. The van der Waals surface area contributed by atoms with Gasteiger partial charge in [0.2, 0.25) is 5.79 Å². The molecule has 0 spiro atoms. The van der Waals surface area contributed by atoms with Crippen molar-refractivity contribution >= 4 is 37.1 Å². The molecule has 0 saturated carbocycles. The normalized spacial score (nSPS) is 17.8. The lowest BCUT2D eigenvalue weighted by atomic mass is 10.2. The maximum Gasteiger partial charge on any atom is 0.279 e. The topological polar surface area (TPSA) is 70.2 Å². The van der Waals surface area contributed by atoms with Gasteiger partial charge in [0.05, 0.1) is 5.75 Å². The molecule has 0 bridgehead atoms. The maximum atomic E-state index is 13.9. The van der Waals surface area contributed by atoms with Crippen LogP contribution in [0.1, 0.15) is 0 Å². The van der Waals surface area contributed by atoms with Crippen molar-refractivity contribution < 1.29 is 18.4 Å². The molecule has 9 heteroatoms. The average Bonchev–Trinajstić information content (AvgIpc) is 2.36. The molecule has 0 rings (SSSR count). The fourth-order valence-corrected chi connectivity index (χ4v) is 1.43. The van der Waals surface area contributed by atoms with Crippen molar-refractivity contribution in [2.45, 2.75) is 11.6 Å². The Morgan fingerprint density at radius 3 is 1.82 bits per heavy atom. The van der Waals surface area contributed by atoms with E-state index in [1.807, 2.05) is 5.32 Å². The third kappa shape index (κ3) is 3.71. The molecule has 0 aromatic rings. The third-order valence-corrected chi connectivity index (χ3v) is 2.96. The Morgan fingerprint density at radius 2 is 1.53 bits per heavy atom. The summed E-state index contributed by atoms with van der Waals surface area (Å²) >= 11 is 7.24. The number of likely N-dealkylation sites (N-methyl/N-ethyl adjacent to an activating group) is 2. The summed E-state index contributed by atoms with van der Waals surface area (Å²) in [5.41, 5.74) is 0. The van der Waals surface area contributed by atoms with Crippen LogP contribution in [0.15, 0.2) is 0 Å². The molecular weight excluding hydrogens is 272 g/mol. The van der Waals surface area contributed by atoms with Gasteiger partial charge in [0.1, 0.15) is 0 Å². The Labute approximate surface area is 109 Å². The van der Waals surface area contributed by atoms with Gasteiger partial charge in [0.25, 0.3) is 17.6 Å². The fourth-order valence-electron chi connectivity index (χ4n) is 0.910. The van der Waals surface area contributed by atoms with Crippen LogP contribution in [0.4, 0.5) is 8.78 Å².